The zero-order chi connectivity index (χ0) is 19.8. The minimum absolute atomic E-state index is 0.0975. The molecule has 0 radical (unpaired) electrons. The lowest BCUT2D eigenvalue weighted by Crippen LogP contribution is -2.51. The lowest BCUT2D eigenvalue weighted by molar-refractivity contribution is 0.127. The number of amides is 3. The Kier molecular flexibility index (Phi) is 5.03. The Morgan fingerprint density at radius 3 is 2.82 bits per heavy atom. The van der Waals surface area contributed by atoms with Crippen molar-refractivity contribution < 1.29 is 14.7 Å². The van der Waals surface area contributed by atoms with Gasteiger partial charge in [-0.25, -0.2) is 14.6 Å². The summed E-state index contributed by atoms with van der Waals surface area (Å²) >= 11 is 12.1. The number of hydrogen-bond donors (Lipinski definition) is 2. The maximum atomic E-state index is 13.0. The van der Waals surface area contributed by atoms with Crippen molar-refractivity contribution >= 4 is 41.0 Å². The number of benzene rings is 1. The van der Waals surface area contributed by atoms with Crippen molar-refractivity contribution in [3.8, 4) is 0 Å². The zero-order valence-electron chi connectivity index (χ0n) is 14.8. The van der Waals surface area contributed by atoms with Crippen molar-refractivity contribution in [3.05, 3.63) is 57.8 Å². The molecule has 28 heavy (non-hydrogen) atoms. The van der Waals surface area contributed by atoms with Crippen LogP contribution in [-0.4, -0.2) is 46.2 Å². The number of carbonyl (C=O) groups excluding carboxylic acids is 1. The molecule has 0 spiro atoms. The smallest absolute Gasteiger partial charge is 0.407 e. The second kappa shape index (κ2) is 7.48. The van der Waals surface area contributed by atoms with Crippen molar-refractivity contribution in [3.63, 3.8) is 0 Å². The van der Waals surface area contributed by atoms with Gasteiger partial charge in [0.2, 0.25) is 0 Å². The number of carboxylic acid groups (broad SMARTS) is 1. The van der Waals surface area contributed by atoms with Gasteiger partial charge in [0.25, 0.3) is 0 Å². The standard InChI is InChI=1S/C19H18Cl2N4O3/c20-12-1-2-15-13(8-12)14-10-24(19(27)28)6-4-16(14)25(15)18(26)23-9-11-3-5-22-17(21)7-11/h1-3,5,7-8,14,16H,4,6,9-10H2,(H,23,26)(H,27,28). The number of anilines is 1. The normalized spacial score (nSPS) is 20.5. The third-order valence-electron chi connectivity index (χ3n) is 5.28. The molecular formula is C19H18Cl2N4O3. The largest absolute Gasteiger partial charge is 0.465 e. The molecule has 0 bridgehead atoms. The van der Waals surface area contributed by atoms with Gasteiger partial charge in [0.05, 0.1) is 0 Å². The summed E-state index contributed by atoms with van der Waals surface area (Å²) in [5.41, 5.74) is 2.53. The van der Waals surface area contributed by atoms with Gasteiger partial charge in [-0.1, -0.05) is 23.2 Å². The van der Waals surface area contributed by atoms with Crippen LogP contribution in [0, 0.1) is 0 Å². The first-order valence-electron chi connectivity index (χ1n) is 8.89. The van der Waals surface area contributed by atoms with Crippen molar-refractivity contribution in [2.75, 3.05) is 18.0 Å². The molecule has 2 unspecified atom stereocenters. The number of rotatable bonds is 2. The summed E-state index contributed by atoms with van der Waals surface area (Å²) in [4.78, 5) is 31.5. The summed E-state index contributed by atoms with van der Waals surface area (Å²) in [5.74, 6) is -0.0975. The van der Waals surface area contributed by atoms with Gasteiger partial charge in [-0.05, 0) is 47.9 Å². The van der Waals surface area contributed by atoms with Crippen LogP contribution in [0.2, 0.25) is 10.2 Å². The molecule has 146 valence electrons. The maximum absolute atomic E-state index is 13.0. The molecule has 7 nitrogen and oxygen atoms in total. The fraction of sp³-hybridized carbons (Fsp3) is 0.316. The summed E-state index contributed by atoms with van der Waals surface area (Å²) in [6.07, 6.45) is 1.21. The zero-order valence-corrected chi connectivity index (χ0v) is 16.3. The SMILES string of the molecule is O=C(O)N1CCC2C(C1)c1cc(Cl)ccc1N2C(=O)NCc1ccnc(Cl)c1. The Bertz CT molecular complexity index is 939. The Hall–Kier alpha value is -2.51. The third kappa shape index (κ3) is 3.47. The van der Waals surface area contributed by atoms with Crippen LogP contribution in [0.4, 0.5) is 15.3 Å². The van der Waals surface area contributed by atoms with Crippen LogP contribution in [0.25, 0.3) is 0 Å². The van der Waals surface area contributed by atoms with Gasteiger partial charge in [-0.2, -0.15) is 0 Å². The molecule has 2 aliphatic heterocycles. The highest BCUT2D eigenvalue weighted by molar-refractivity contribution is 6.30. The minimum atomic E-state index is -0.945. The molecule has 2 atom stereocenters. The molecule has 3 heterocycles. The Morgan fingerprint density at radius 1 is 1.25 bits per heavy atom. The van der Waals surface area contributed by atoms with Gasteiger partial charge < -0.3 is 15.3 Å². The van der Waals surface area contributed by atoms with E-state index in [0.717, 1.165) is 16.8 Å². The number of nitrogens with one attached hydrogen (secondary N) is 1. The molecule has 0 aliphatic carbocycles. The van der Waals surface area contributed by atoms with E-state index in [4.69, 9.17) is 23.2 Å². The van der Waals surface area contributed by atoms with Crippen molar-refractivity contribution in [1.82, 2.24) is 15.2 Å². The number of urea groups is 1. The highest BCUT2D eigenvalue weighted by atomic mass is 35.5. The lowest BCUT2D eigenvalue weighted by Gasteiger charge is -2.36. The summed E-state index contributed by atoms with van der Waals surface area (Å²) in [6.45, 7) is 1.05. The number of carbonyl (C=O) groups is 2. The van der Waals surface area contributed by atoms with Gasteiger partial charge in [0.15, 0.2) is 0 Å². The van der Waals surface area contributed by atoms with Crippen LogP contribution < -0.4 is 10.2 Å². The van der Waals surface area contributed by atoms with E-state index in [1.54, 1.807) is 29.3 Å². The summed E-state index contributed by atoms with van der Waals surface area (Å²) in [5, 5.41) is 13.2. The lowest BCUT2D eigenvalue weighted by atomic mass is 9.89. The van der Waals surface area contributed by atoms with Crippen LogP contribution in [-0.2, 0) is 6.54 Å². The Morgan fingerprint density at radius 2 is 2.07 bits per heavy atom. The van der Waals surface area contributed by atoms with Gasteiger partial charge >= 0.3 is 12.1 Å². The highest BCUT2D eigenvalue weighted by Crippen LogP contribution is 2.45. The molecule has 9 heteroatoms. The highest BCUT2D eigenvalue weighted by Gasteiger charge is 2.45. The maximum Gasteiger partial charge on any atom is 0.407 e. The minimum Gasteiger partial charge on any atom is -0.465 e. The molecule has 2 aromatic rings. The summed E-state index contributed by atoms with van der Waals surface area (Å²) < 4.78 is 0. The van der Waals surface area contributed by atoms with Crippen LogP contribution >= 0.6 is 23.2 Å². The number of aromatic nitrogens is 1. The van der Waals surface area contributed by atoms with E-state index in [-0.39, 0.29) is 18.0 Å². The van der Waals surface area contributed by atoms with E-state index in [1.165, 1.54) is 4.90 Å². The van der Waals surface area contributed by atoms with Gasteiger partial charge in [0, 0.05) is 48.5 Å². The fourth-order valence-corrected chi connectivity index (χ4v) is 4.40. The van der Waals surface area contributed by atoms with Crippen molar-refractivity contribution in [2.45, 2.75) is 24.9 Å². The van der Waals surface area contributed by atoms with E-state index in [0.29, 0.717) is 36.2 Å². The molecule has 0 saturated carbocycles. The first-order chi connectivity index (χ1) is 13.4. The predicted octanol–water partition coefficient (Wildman–Crippen LogP) is 3.95. The number of nitrogens with zero attached hydrogens (tertiary/aromatic N) is 3. The van der Waals surface area contributed by atoms with Gasteiger partial charge in [0.1, 0.15) is 5.15 Å². The van der Waals surface area contributed by atoms with Gasteiger partial charge in [-0.15, -0.1) is 0 Å². The molecule has 2 aliphatic rings. The molecule has 1 aromatic carbocycles. The topological polar surface area (TPSA) is 85.8 Å². The number of hydrogen-bond acceptors (Lipinski definition) is 3. The van der Waals surface area contributed by atoms with Gasteiger partial charge in [-0.3, -0.25) is 4.90 Å². The first kappa shape index (κ1) is 18.8. The number of piperidine rings is 1. The van der Waals surface area contributed by atoms with Crippen molar-refractivity contribution in [2.24, 2.45) is 0 Å². The molecule has 4 rings (SSSR count). The third-order valence-corrected chi connectivity index (χ3v) is 5.72. The monoisotopic (exact) mass is 420 g/mol. The molecule has 2 N–H and O–H groups in total. The number of fused-ring (bicyclic) bond motifs is 3. The summed E-state index contributed by atoms with van der Waals surface area (Å²) in [7, 11) is 0. The fourth-order valence-electron chi connectivity index (χ4n) is 4.02. The van der Waals surface area contributed by atoms with E-state index in [1.807, 2.05) is 12.1 Å². The molecule has 1 fully saturated rings. The quantitative estimate of drug-likeness (QED) is 0.719. The van der Waals surface area contributed by atoms with Crippen LogP contribution in [0.1, 0.15) is 23.5 Å². The molecule has 1 saturated heterocycles. The molecule has 1 aromatic heterocycles. The average Bonchev–Trinajstić information content (AvgIpc) is 2.99. The molecular weight excluding hydrogens is 403 g/mol. The second-order valence-electron chi connectivity index (χ2n) is 6.91. The van der Waals surface area contributed by atoms with Crippen LogP contribution in [0.15, 0.2) is 36.5 Å². The number of halogens is 2. The number of likely N-dealkylation sites (tertiary alicyclic amines) is 1. The first-order valence-corrected chi connectivity index (χ1v) is 9.64. The van der Waals surface area contributed by atoms with Crippen LogP contribution in [0.3, 0.4) is 0 Å². The summed E-state index contributed by atoms with van der Waals surface area (Å²) in [6, 6.07) is 8.55. The average molecular weight is 421 g/mol. The van der Waals surface area contributed by atoms with E-state index < -0.39 is 6.09 Å². The second-order valence-corrected chi connectivity index (χ2v) is 7.73. The van der Waals surface area contributed by atoms with E-state index >= 15 is 0 Å². The predicted molar refractivity (Wildman–Crippen MR) is 106 cm³/mol. The Labute approximate surface area is 171 Å². The van der Waals surface area contributed by atoms with E-state index in [2.05, 4.69) is 10.3 Å². The Balaban J connectivity index is 1.58. The van der Waals surface area contributed by atoms with Crippen LogP contribution in [0.5, 0.6) is 0 Å². The van der Waals surface area contributed by atoms with E-state index in [9.17, 15) is 14.7 Å². The number of pyridine rings is 1. The van der Waals surface area contributed by atoms with Crippen molar-refractivity contribution in [1.29, 1.82) is 0 Å². The molecule has 3 amide bonds.